The second-order valence-corrected chi connectivity index (χ2v) is 11.0. The van der Waals surface area contributed by atoms with Gasteiger partial charge in [0, 0.05) is 58.2 Å². The van der Waals surface area contributed by atoms with Crippen LogP contribution in [0.25, 0.3) is 0 Å². The maximum atomic E-state index is 13.9. The fourth-order valence-corrected chi connectivity index (χ4v) is 5.84. The second kappa shape index (κ2) is 11.2. The summed E-state index contributed by atoms with van der Waals surface area (Å²) in [7, 11) is 1.74. The third-order valence-electron chi connectivity index (χ3n) is 7.97. The van der Waals surface area contributed by atoms with Gasteiger partial charge in [-0.1, -0.05) is 30.3 Å². The first-order valence-corrected chi connectivity index (χ1v) is 13.7. The number of imidazole rings is 1. The normalized spacial score (nSPS) is 19.9. The summed E-state index contributed by atoms with van der Waals surface area (Å²) in [5.41, 5.74) is 0.165. The number of benzene rings is 2. The molecule has 2 aliphatic rings. The Morgan fingerprint density at radius 3 is 2.40 bits per heavy atom. The molecular formula is C31H29F4N5O2. The lowest BCUT2D eigenvalue weighted by Gasteiger charge is -2.25. The lowest BCUT2D eigenvalue weighted by molar-refractivity contribution is -0.140. The van der Waals surface area contributed by atoms with Gasteiger partial charge in [-0.05, 0) is 53.1 Å². The minimum Gasteiger partial charge on any atom is -0.439 e. The van der Waals surface area contributed by atoms with Crippen LogP contribution in [0.1, 0.15) is 27.2 Å². The number of likely N-dealkylation sites (tertiary alicyclic amines) is 1. The molecule has 3 heterocycles. The van der Waals surface area contributed by atoms with Gasteiger partial charge in [-0.3, -0.25) is 9.69 Å². The number of fused-ring (bicyclic) bond motifs is 1. The van der Waals surface area contributed by atoms with Crippen LogP contribution in [0, 0.1) is 23.6 Å². The summed E-state index contributed by atoms with van der Waals surface area (Å²) in [5, 5.41) is 0. The zero-order chi connectivity index (χ0) is 29.4. The maximum absolute atomic E-state index is 13.9. The molecule has 0 spiro atoms. The van der Waals surface area contributed by atoms with Gasteiger partial charge in [0.2, 0.25) is 5.88 Å². The summed E-state index contributed by atoms with van der Waals surface area (Å²) in [5.74, 6) is 0.553. The Balaban J connectivity index is 1.08. The van der Waals surface area contributed by atoms with Crippen LogP contribution in [0.15, 0.2) is 79.4 Å². The number of carbonyl (C=O) groups excluding carboxylic acids is 1. The van der Waals surface area contributed by atoms with Gasteiger partial charge in [0.1, 0.15) is 17.3 Å². The van der Waals surface area contributed by atoms with Crippen molar-refractivity contribution in [3.63, 3.8) is 0 Å². The van der Waals surface area contributed by atoms with Crippen molar-refractivity contribution in [2.75, 3.05) is 19.6 Å². The molecule has 218 valence electrons. The first-order chi connectivity index (χ1) is 20.1. The number of hydrogen-bond donors (Lipinski definition) is 0. The van der Waals surface area contributed by atoms with E-state index in [4.69, 9.17) is 4.74 Å². The summed E-state index contributed by atoms with van der Waals surface area (Å²) in [6.07, 6.45) is 0.0767. The molecule has 2 unspecified atom stereocenters. The molecule has 1 aliphatic heterocycles. The highest BCUT2D eigenvalue weighted by atomic mass is 19.4. The highest BCUT2D eigenvalue weighted by molar-refractivity contribution is 5.92. The number of amides is 1. The summed E-state index contributed by atoms with van der Waals surface area (Å²) in [4.78, 5) is 25.8. The van der Waals surface area contributed by atoms with Crippen LogP contribution in [0.4, 0.5) is 17.6 Å². The minimum absolute atomic E-state index is 0.0680. The van der Waals surface area contributed by atoms with Crippen molar-refractivity contribution in [3.05, 3.63) is 108 Å². The molecule has 2 atom stereocenters. The van der Waals surface area contributed by atoms with Crippen LogP contribution in [0.5, 0.6) is 11.6 Å². The van der Waals surface area contributed by atoms with E-state index in [0.717, 1.165) is 43.1 Å². The van der Waals surface area contributed by atoms with Crippen LogP contribution in [-0.4, -0.2) is 49.9 Å². The van der Waals surface area contributed by atoms with E-state index in [0.29, 0.717) is 24.3 Å². The summed E-state index contributed by atoms with van der Waals surface area (Å²) >= 11 is 0. The van der Waals surface area contributed by atoms with E-state index in [-0.39, 0.29) is 29.6 Å². The van der Waals surface area contributed by atoms with E-state index >= 15 is 0 Å². The number of halogens is 4. The SMILES string of the molecule is Cn1cnc(C(=O)N(Cc2ccc(F)c(C(F)(F)F)c2)CC2C3CN(Cc4ccc(Oc5ccccc5)nc4)CC32)c1. The molecule has 0 radical (unpaired) electrons. The summed E-state index contributed by atoms with van der Waals surface area (Å²) in [6.45, 7) is 2.78. The lowest BCUT2D eigenvalue weighted by atomic mass is 10.1. The first kappa shape index (κ1) is 27.9. The summed E-state index contributed by atoms with van der Waals surface area (Å²) in [6, 6.07) is 16.2. The standard InChI is InChI=1S/C31H29F4N5O2/c1-38-18-28(37-19-38)30(41)40(14-20-7-9-27(32)26(11-20)31(33,34)35)17-25-23-15-39(16-24(23)25)13-21-8-10-29(36-12-21)42-22-5-3-2-4-6-22/h2-12,18-19,23-25H,13-17H2,1H3. The lowest BCUT2D eigenvalue weighted by Crippen LogP contribution is -2.35. The Bertz CT molecular complexity index is 1550. The molecule has 7 nitrogen and oxygen atoms in total. The molecule has 2 aromatic carbocycles. The number of hydrogen-bond acceptors (Lipinski definition) is 5. The van der Waals surface area contributed by atoms with E-state index in [9.17, 15) is 22.4 Å². The number of pyridine rings is 1. The average molecular weight is 580 g/mol. The Labute approximate surface area is 240 Å². The van der Waals surface area contributed by atoms with Crippen LogP contribution < -0.4 is 4.74 Å². The average Bonchev–Trinajstić information content (AvgIpc) is 3.26. The zero-order valence-corrected chi connectivity index (χ0v) is 22.8. The van der Waals surface area contributed by atoms with E-state index in [1.54, 1.807) is 22.7 Å². The van der Waals surface area contributed by atoms with Crippen molar-refractivity contribution >= 4 is 5.91 Å². The molecule has 11 heteroatoms. The number of alkyl halides is 3. The summed E-state index contributed by atoms with van der Waals surface area (Å²) < 4.78 is 61.3. The van der Waals surface area contributed by atoms with Gasteiger partial charge in [-0.25, -0.2) is 14.4 Å². The molecule has 42 heavy (non-hydrogen) atoms. The second-order valence-electron chi connectivity index (χ2n) is 11.0. The minimum atomic E-state index is -4.82. The number of aryl methyl sites for hydroxylation is 1. The Morgan fingerprint density at radius 2 is 1.76 bits per heavy atom. The number of para-hydroxylation sites is 1. The van der Waals surface area contributed by atoms with Crippen molar-refractivity contribution in [1.82, 2.24) is 24.3 Å². The maximum Gasteiger partial charge on any atom is 0.419 e. The van der Waals surface area contributed by atoms with E-state index in [1.165, 1.54) is 12.4 Å². The predicted molar refractivity (Wildman–Crippen MR) is 146 cm³/mol. The van der Waals surface area contributed by atoms with Crippen molar-refractivity contribution in [2.45, 2.75) is 19.3 Å². The molecule has 0 N–H and O–H groups in total. The van der Waals surface area contributed by atoms with Gasteiger partial charge in [0.05, 0.1) is 11.9 Å². The first-order valence-electron chi connectivity index (χ1n) is 13.7. The third-order valence-corrected chi connectivity index (χ3v) is 7.97. The molecule has 6 rings (SSSR count). The quantitative estimate of drug-likeness (QED) is 0.235. The molecule has 2 fully saturated rings. The Kier molecular flexibility index (Phi) is 7.44. The number of nitrogens with zero attached hydrogens (tertiary/aromatic N) is 5. The molecule has 1 saturated heterocycles. The van der Waals surface area contributed by atoms with Crippen LogP contribution >= 0.6 is 0 Å². The molecule has 4 aromatic rings. The number of piperidine rings is 1. The largest absolute Gasteiger partial charge is 0.439 e. The fraction of sp³-hybridized carbons (Fsp3) is 0.323. The van der Waals surface area contributed by atoms with Gasteiger partial charge in [0.15, 0.2) is 0 Å². The van der Waals surface area contributed by atoms with Gasteiger partial charge < -0.3 is 14.2 Å². The van der Waals surface area contributed by atoms with Gasteiger partial charge in [-0.15, -0.1) is 0 Å². The van der Waals surface area contributed by atoms with E-state index in [1.807, 2.05) is 48.7 Å². The monoisotopic (exact) mass is 579 g/mol. The van der Waals surface area contributed by atoms with Gasteiger partial charge in [-0.2, -0.15) is 13.2 Å². The number of aromatic nitrogens is 3. The van der Waals surface area contributed by atoms with Gasteiger partial charge in [0.25, 0.3) is 5.91 Å². The molecule has 1 saturated carbocycles. The topological polar surface area (TPSA) is 63.5 Å². The molecule has 1 aliphatic carbocycles. The number of ether oxygens (including phenoxy) is 1. The van der Waals surface area contributed by atoms with Gasteiger partial charge >= 0.3 is 6.18 Å². The van der Waals surface area contributed by atoms with E-state index in [2.05, 4.69) is 14.9 Å². The molecule has 1 amide bonds. The molecular weight excluding hydrogens is 550 g/mol. The van der Waals surface area contributed by atoms with Crippen molar-refractivity contribution in [2.24, 2.45) is 24.8 Å². The smallest absolute Gasteiger partial charge is 0.419 e. The van der Waals surface area contributed by atoms with Crippen molar-refractivity contribution in [1.29, 1.82) is 0 Å². The Morgan fingerprint density at radius 1 is 1.02 bits per heavy atom. The highest BCUT2D eigenvalue weighted by Gasteiger charge is 2.56. The molecule has 2 aromatic heterocycles. The van der Waals surface area contributed by atoms with Crippen molar-refractivity contribution in [3.8, 4) is 11.6 Å². The fourth-order valence-electron chi connectivity index (χ4n) is 5.84. The zero-order valence-electron chi connectivity index (χ0n) is 22.8. The molecule has 0 bridgehead atoms. The third kappa shape index (κ3) is 6.15. The highest BCUT2D eigenvalue weighted by Crippen LogP contribution is 2.52. The van der Waals surface area contributed by atoms with E-state index < -0.39 is 17.6 Å². The van der Waals surface area contributed by atoms with Crippen LogP contribution in [-0.2, 0) is 26.3 Å². The van der Waals surface area contributed by atoms with Crippen LogP contribution in [0.2, 0.25) is 0 Å². The Hall–Kier alpha value is -4.25. The number of carbonyl (C=O) groups is 1. The number of rotatable bonds is 9. The van der Waals surface area contributed by atoms with Crippen molar-refractivity contribution < 1.29 is 27.1 Å². The predicted octanol–water partition coefficient (Wildman–Crippen LogP) is 5.79. The van der Waals surface area contributed by atoms with Crippen LogP contribution in [0.3, 0.4) is 0 Å².